The molecule has 2 heterocycles. The molecule has 20 heteroatoms. The third-order valence-electron chi connectivity index (χ3n) is 11.4. The third-order valence-corrected chi connectivity index (χ3v) is 11.4. The van der Waals surface area contributed by atoms with Crippen molar-refractivity contribution in [1.29, 1.82) is 0 Å². The van der Waals surface area contributed by atoms with Crippen molar-refractivity contribution in [3.8, 4) is 0 Å². The highest BCUT2D eigenvalue weighted by atomic mass is 16.4. The summed E-state index contributed by atoms with van der Waals surface area (Å²) in [6.07, 6.45) is 3.50. The number of fused-ring (bicyclic) bond motifs is 2. The Morgan fingerprint density at radius 3 is 1.51 bits per heavy atom. The lowest BCUT2D eigenvalue weighted by atomic mass is 9.98. The molecular formula is C48H60N10O10. The molecule has 362 valence electrons. The minimum atomic E-state index is -1.80. The van der Waals surface area contributed by atoms with Gasteiger partial charge in [0.1, 0.15) is 36.3 Å². The zero-order valence-electron chi connectivity index (χ0n) is 37.9. The van der Waals surface area contributed by atoms with Crippen molar-refractivity contribution in [3.05, 3.63) is 108 Å². The van der Waals surface area contributed by atoms with Gasteiger partial charge in [-0.3, -0.25) is 33.6 Å². The van der Waals surface area contributed by atoms with Crippen LogP contribution in [-0.2, 0) is 57.6 Å². The molecule has 6 atom stereocenters. The van der Waals surface area contributed by atoms with E-state index in [0.29, 0.717) is 36.1 Å². The van der Waals surface area contributed by atoms with Gasteiger partial charge in [-0.25, -0.2) is 4.79 Å². The number of para-hydroxylation sites is 2. The van der Waals surface area contributed by atoms with E-state index in [1.165, 1.54) is 0 Å². The van der Waals surface area contributed by atoms with Gasteiger partial charge in [0.05, 0.1) is 13.0 Å². The largest absolute Gasteiger partial charge is 0.481 e. The Labute approximate surface area is 392 Å². The van der Waals surface area contributed by atoms with Crippen molar-refractivity contribution in [2.45, 2.75) is 95.0 Å². The molecule has 0 saturated carbocycles. The number of rotatable bonds is 26. The van der Waals surface area contributed by atoms with Crippen LogP contribution in [0.5, 0.6) is 0 Å². The van der Waals surface area contributed by atoms with E-state index in [9.17, 15) is 48.6 Å². The Hall–Kier alpha value is -7.58. The van der Waals surface area contributed by atoms with E-state index in [1.54, 1.807) is 56.6 Å². The normalized spacial score (nSPS) is 13.9. The van der Waals surface area contributed by atoms with Gasteiger partial charge in [0.25, 0.3) is 0 Å². The Morgan fingerprint density at radius 2 is 1.01 bits per heavy atom. The van der Waals surface area contributed by atoms with Crippen molar-refractivity contribution in [3.63, 3.8) is 0 Å². The van der Waals surface area contributed by atoms with Gasteiger partial charge in [-0.15, -0.1) is 0 Å². The lowest BCUT2D eigenvalue weighted by molar-refractivity contribution is -0.147. The molecule has 0 aliphatic carbocycles. The fourth-order valence-corrected chi connectivity index (χ4v) is 7.78. The van der Waals surface area contributed by atoms with Crippen LogP contribution in [0.1, 0.15) is 56.2 Å². The van der Waals surface area contributed by atoms with Gasteiger partial charge in [0, 0.05) is 53.5 Å². The van der Waals surface area contributed by atoms with E-state index >= 15 is 0 Å². The molecule has 0 bridgehead atoms. The summed E-state index contributed by atoms with van der Waals surface area (Å²) in [5.74, 6) is -8.26. The van der Waals surface area contributed by atoms with Crippen molar-refractivity contribution in [2.24, 2.45) is 17.4 Å². The average molecular weight is 937 g/mol. The summed E-state index contributed by atoms with van der Waals surface area (Å²) in [6, 6.07) is 14.9. The Kier molecular flexibility index (Phi) is 18.8. The molecule has 0 aliphatic rings. The number of aromatic amines is 2. The Morgan fingerprint density at radius 1 is 0.544 bits per heavy atom. The lowest BCUT2D eigenvalue weighted by Crippen LogP contribution is -2.61. The summed E-state index contributed by atoms with van der Waals surface area (Å²) in [5.41, 5.74) is 14.7. The molecule has 20 nitrogen and oxygen atoms in total. The van der Waals surface area contributed by atoms with E-state index in [4.69, 9.17) is 11.5 Å². The fraction of sp³-hybridized carbons (Fsp3) is 0.375. The number of aliphatic carboxylic acids is 2. The number of carbonyl (C=O) groups is 8. The molecule has 5 rings (SSSR count). The molecular weight excluding hydrogens is 877 g/mol. The van der Waals surface area contributed by atoms with Crippen LogP contribution in [0.3, 0.4) is 0 Å². The number of benzene rings is 3. The van der Waals surface area contributed by atoms with Crippen molar-refractivity contribution in [1.82, 2.24) is 41.9 Å². The van der Waals surface area contributed by atoms with Gasteiger partial charge in [0.15, 0.2) is 0 Å². The monoisotopic (exact) mass is 936 g/mol. The van der Waals surface area contributed by atoms with Gasteiger partial charge in [0.2, 0.25) is 35.4 Å². The van der Waals surface area contributed by atoms with E-state index in [0.717, 1.165) is 21.8 Å². The number of hydrogen-bond acceptors (Lipinski definition) is 10. The van der Waals surface area contributed by atoms with Crippen LogP contribution in [0.25, 0.3) is 21.8 Å². The number of nitrogens with one attached hydrogen (secondary N) is 8. The van der Waals surface area contributed by atoms with Crippen LogP contribution in [0.2, 0.25) is 0 Å². The first-order valence-corrected chi connectivity index (χ1v) is 22.4. The lowest BCUT2D eigenvalue weighted by Gasteiger charge is -2.29. The van der Waals surface area contributed by atoms with Crippen LogP contribution in [0, 0.1) is 5.92 Å². The topological polar surface area (TPSA) is 333 Å². The summed E-state index contributed by atoms with van der Waals surface area (Å²) in [6.45, 7) is 3.28. The number of carboxylic acids is 2. The summed E-state index contributed by atoms with van der Waals surface area (Å²) in [5, 5.41) is 36.3. The number of aromatic nitrogens is 2. The fourth-order valence-electron chi connectivity index (χ4n) is 7.78. The molecule has 14 N–H and O–H groups in total. The Balaban J connectivity index is 1.46. The maximum atomic E-state index is 14.7. The molecule has 5 aromatic rings. The maximum absolute atomic E-state index is 14.7. The van der Waals surface area contributed by atoms with Crippen LogP contribution in [-0.4, -0.2) is 117 Å². The molecule has 0 unspecified atom stereocenters. The highest BCUT2D eigenvalue weighted by molar-refractivity contribution is 5.98. The van der Waals surface area contributed by atoms with Crippen LogP contribution in [0.15, 0.2) is 91.3 Å². The first-order chi connectivity index (χ1) is 32.6. The summed E-state index contributed by atoms with van der Waals surface area (Å²) >= 11 is 0. The number of carbonyl (C=O) groups excluding carboxylic acids is 6. The van der Waals surface area contributed by atoms with E-state index in [-0.39, 0.29) is 32.2 Å². The van der Waals surface area contributed by atoms with Gasteiger partial charge in [-0.05, 0) is 60.5 Å². The average Bonchev–Trinajstić information content (AvgIpc) is 3.92. The highest BCUT2D eigenvalue weighted by Gasteiger charge is 2.35. The molecule has 2 aromatic heterocycles. The molecule has 0 radical (unpaired) electrons. The van der Waals surface area contributed by atoms with Crippen LogP contribution >= 0.6 is 0 Å². The molecule has 6 amide bonds. The summed E-state index contributed by atoms with van der Waals surface area (Å²) < 4.78 is 0. The third kappa shape index (κ3) is 14.5. The molecule has 0 saturated heterocycles. The standard InChI is InChI=1S/C48H60N10O10/c1-27(2)42(47(66)56-36(20-28-12-4-3-5-13-28)44(63)57-39(48(67)68)23-41(60)61)58-46(65)38(22-30-26-52-34-17-9-7-15-32(30)34)55-45(64)37(21-29-25-51-33-16-8-6-14-31(29)33)54-43(62)35(18-10-11-19-49)53-40(59)24-50/h3-9,12-17,25-27,35-39,42,51-52H,10-11,18-24,49-50H2,1-2H3,(H,53,59)(H,54,62)(H,55,64)(H,56,66)(H,57,63)(H,58,65)(H,60,61)(H,67,68)/t35-,36-,37-,38-,39-,42-/m0/s1. The van der Waals surface area contributed by atoms with E-state index in [1.807, 2.05) is 48.5 Å². The SMILES string of the molecule is CC(C)[C@H](NC(=O)[C@H](Cc1c[nH]c2ccccc12)NC(=O)[C@H](Cc1c[nH]c2ccccc12)NC(=O)[C@H](CCCCN)NC(=O)CN)C(=O)N[C@@H](Cc1ccccc1)C(=O)N[C@@H](CC(=O)O)C(=O)O. The van der Waals surface area contributed by atoms with Gasteiger partial charge < -0.3 is 63.5 Å². The number of H-pyrrole nitrogens is 2. The van der Waals surface area contributed by atoms with E-state index in [2.05, 4.69) is 41.9 Å². The van der Waals surface area contributed by atoms with Crippen molar-refractivity contribution >= 4 is 69.2 Å². The quantitative estimate of drug-likeness (QED) is 0.0344. The van der Waals surface area contributed by atoms with Crippen molar-refractivity contribution in [2.75, 3.05) is 13.1 Å². The number of amides is 6. The molecule has 68 heavy (non-hydrogen) atoms. The van der Waals surface area contributed by atoms with Crippen LogP contribution < -0.4 is 43.4 Å². The smallest absolute Gasteiger partial charge is 0.326 e. The summed E-state index contributed by atoms with van der Waals surface area (Å²) in [7, 11) is 0. The number of nitrogens with two attached hydrogens (primary N) is 2. The molecule has 0 fully saturated rings. The molecule has 0 aliphatic heterocycles. The van der Waals surface area contributed by atoms with E-state index < -0.39 is 96.0 Å². The predicted molar refractivity (Wildman–Crippen MR) is 252 cm³/mol. The first-order valence-electron chi connectivity index (χ1n) is 22.4. The zero-order chi connectivity index (χ0) is 49.3. The maximum Gasteiger partial charge on any atom is 0.326 e. The predicted octanol–water partition coefficient (Wildman–Crippen LogP) is 0.889. The minimum absolute atomic E-state index is 0.0412. The minimum Gasteiger partial charge on any atom is -0.481 e. The number of carboxylic acid groups (broad SMARTS) is 2. The number of unbranched alkanes of at least 4 members (excludes halogenated alkanes) is 1. The second kappa shape index (κ2) is 24.8. The second-order valence-corrected chi connectivity index (χ2v) is 16.8. The van der Waals surface area contributed by atoms with Gasteiger partial charge >= 0.3 is 11.9 Å². The molecule has 0 spiro atoms. The molecule has 3 aromatic carbocycles. The zero-order valence-corrected chi connectivity index (χ0v) is 37.9. The van der Waals surface area contributed by atoms with Crippen molar-refractivity contribution < 1.29 is 48.6 Å². The summed E-state index contributed by atoms with van der Waals surface area (Å²) in [4.78, 5) is 113. The first kappa shape index (κ1) is 51.4. The highest BCUT2D eigenvalue weighted by Crippen LogP contribution is 2.22. The van der Waals surface area contributed by atoms with Crippen LogP contribution in [0.4, 0.5) is 0 Å². The second-order valence-electron chi connectivity index (χ2n) is 16.8. The number of hydrogen-bond donors (Lipinski definition) is 12. The van der Waals surface area contributed by atoms with Gasteiger partial charge in [-0.2, -0.15) is 0 Å². The van der Waals surface area contributed by atoms with Gasteiger partial charge in [-0.1, -0.05) is 80.6 Å². The Bertz CT molecular complexity index is 2560.